The van der Waals surface area contributed by atoms with Gasteiger partial charge in [-0.2, -0.15) is 0 Å². The Morgan fingerprint density at radius 2 is 1.83 bits per heavy atom. The second kappa shape index (κ2) is 6.60. The molecule has 5 heteroatoms. The molecule has 0 aromatic heterocycles. The Morgan fingerprint density at radius 1 is 1.09 bits per heavy atom. The van der Waals surface area contributed by atoms with Crippen molar-refractivity contribution in [2.45, 2.75) is 12.8 Å². The number of rotatable bonds is 3. The summed E-state index contributed by atoms with van der Waals surface area (Å²) in [5.74, 6) is -1.52. The summed E-state index contributed by atoms with van der Waals surface area (Å²) in [6, 6.07) is 14.0. The van der Waals surface area contributed by atoms with Crippen molar-refractivity contribution in [3.05, 3.63) is 65.5 Å². The lowest BCUT2D eigenvalue weighted by molar-refractivity contribution is -0.137. The van der Waals surface area contributed by atoms with Gasteiger partial charge < -0.3 is 10.2 Å². The molecule has 1 aliphatic rings. The summed E-state index contributed by atoms with van der Waals surface area (Å²) in [4.78, 5) is 25.8. The van der Waals surface area contributed by atoms with Gasteiger partial charge in [-0.05, 0) is 36.1 Å². The van der Waals surface area contributed by atoms with Crippen molar-refractivity contribution < 1.29 is 14.0 Å². The smallest absolute Gasteiger partial charge is 0.316 e. The van der Waals surface area contributed by atoms with Crippen molar-refractivity contribution >= 4 is 17.5 Å². The lowest BCUT2D eigenvalue weighted by Crippen LogP contribution is -2.43. The van der Waals surface area contributed by atoms with E-state index in [1.807, 2.05) is 24.3 Å². The SMILES string of the molecule is O=C(NCCc1ccccc1F)C(=O)N1CCc2ccccc21. The van der Waals surface area contributed by atoms with Crippen molar-refractivity contribution in [2.75, 3.05) is 18.0 Å². The summed E-state index contributed by atoms with van der Waals surface area (Å²) in [6.45, 7) is 0.736. The minimum atomic E-state index is -0.655. The molecule has 2 aromatic rings. The number of amides is 2. The topological polar surface area (TPSA) is 49.4 Å². The van der Waals surface area contributed by atoms with E-state index in [4.69, 9.17) is 0 Å². The van der Waals surface area contributed by atoms with E-state index in [0.29, 0.717) is 18.5 Å². The van der Waals surface area contributed by atoms with Crippen LogP contribution in [0, 0.1) is 5.82 Å². The molecule has 0 atom stereocenters. The van der Waals surface area contributed by atoms with E-state index in [0.717, 1.165) is 17.7 Å². The molecule has 0 saturated heterocycles. The number of hydrogen-bond donors (Lipinski definition) is 1. The van der Waals surface area contributed by atoms with E-state index in [1.54, 1.807) is 18.2 Å². The maximum absolute atomic E-state index is 13.5. The zero-order chi connectivity index (χ0) is 16.2. The maximum Gasteiger partial charge on any atom is 0.316 e. The summed E-state index contributed by atoms with van der Waals surface area (Å²) in [5.41, 5.74) is 2.38. The molecule has 3 rings (SSSR count). The second-order valence-corrected chi connectivity index (χ2v) is 5.43. The monoisotopic (exact) mass is 312 g/mol. The van der Waals surface area contributed by atoms with Crippen molar-refractivity contribution in [1.82, 2.24) is 5.32 Å². The molecule has 1 N–H and O–H groups in total. The molecule has 23 heavy (non-hydrogen) atoms. The van der Waals surface area contributed by atoms with Crippen LogP contribution < -0.4 is 10.2 Å². The lowest BCUT2D eigenvalue weighted by Gasteiger charge is -2.16. The fraction of sp³-hybridized carbons (Fsp3) is 0.222. The van der Waals surface area contributed by atoms with Gasteiger partial charge in [0.05, 0.1) is 0 Å². The zero-order valence-electron chi connectivity index (χ0n) is 12.6. The Labute approximate surface area is 133 Å². The van der Waals surface area contributed by atoms with Gasteiger partial charge >= 0.3 is 11.8 Å². The molecule has 0 radical (unpaired) electrons. The van der Waals surface area contributed by atoms with Crippen molar-refractivity contribution in [2.24, 2.45) is 0 Å². The van der Waals surface area contributed by atoms with Gasteiger partial charge in [-0.3, -0.25) is 9.59 Å². The molecule has 0 aliphatic carbocycles. The van der Waals surface area contributed by atoms with E-state index in [2.05, 4.69) is 5.32 Å². The van der Waals surface area contributed by atoms with Gasteiger partial charge in [-0.25, -0.2) is 4.39 Å². The number of benzene rings is 2. The van der Waals surface area contributed by atoms with E-state index in [-0.39, 0.29) is 12.4 Å². The molecule has 1 aliphatic heterocycles. The van der Waals surface area contributed by atoms with Crippen LogP contribution in [0.15, 0.2) is 48.5 Å². The minimum Gasteiger partial charge on any atom is -0.347 e. The van der Waals surface area contributed by atoms with Gasteiger partial charge in [0.2, 0.25) is 0 Å². The van der Waals surface area contributed by atoms with Crippen molar-refractivity contribution in [3.8, 4) is 0 Å². The van der Waals surface area contributed by atoms with Crippen LogP contribution >= 0.6 is 0 Å². The Hall–Kier alpha value is -2.69. The number of anilines is 1. The Kier molecular flexibility index (Phi) is 4.37. The fourth-order valence-corrected chi connectivity index (χ4v) is 2.76. The number of fused-ring (bicyclic) bond motifs is 1. The number of carbonyl (C=O) groups is 2. The molecular formula is C18H17FN2O2. The van der Waals surface area contributed by atoms with E-state index < -0.39 is 11.8 Å². The van der Waals surface area contributed by atoms with Crippen LogP contribution in [0.3, 0.4) is 0 Å². The maximum atomic E-state index is 13.5. The number of carbonyl (C=O) groups excluding carboxylic acids is 2. The van der Waals surface area contributed by atoms with E-state index in [9.17, 15) is 14.0 Å². The highest BCUT2D eigenvalue weighted by Gasteiger charge is 2.28. The summed E-state index contributed by atoms with van der Waals surface area (Å²) in [7, 11) is 0. The first-order chi connectivity index (χ1) is 11.2. The molecule has 0 spiro atoms. The van der Waals surface area contributed by atoms with Crippen LogP contribution in [0.25, 0.3) is 0 Å². The van der Waals surface area contributed by atoms with Gasteiger partial charge in [0.25, 0.3) is 0 Å². The first-order valence-corrected chi connectivity index (χ1v) is 7.58. The summed E-state index contributed by atoms with van der Waals surface area (Å²) >= 11 is 0. The van der Waals surface area contributed by atoms with Crippen LogP contribution in [0.5, 0.6) is 0 Å². The third-order valence-electron chi connectivity index (χ3n) is 3.96. The fourth-order valence-electron chi connectivity index (χ4n) is 2.76. The average Bonchev–Trinajstić information content (AvgIpc) is 3.00. The number of halogens is 1. The lowest BCUT2D eigenvalue weighted by atomic mass is 10.1. The Morgan fingerprint density at radius 3 is 2.65 bits per heavy atom. The third-order valence-corrected chi connectivity index (χ3v) is 3.96. The third kappa shape index (κ3) is 3.23. The molecule has 118 valence electrons. The van der Waals surface area contributed by atoms with E-state index >= 15 is 0 Å². The molecule has 2 aromatic carbocycles. The van der Waals surface area contributed by atoms with Gasteiger partial charge in [-0.15, -0.1) is 0 Å². The molecule has 2 amide bonds. The quantitative estimate of drug-likeness (QED) is 0.882. The summed E-state index contributed by atoms with van der Waals surface area (Å²) < 4.78 is 13.5. The predicted molar refractivity (Wildman–Crippen MR) is 85.6 cm³/mol. The first kappa shape index (κ1) is 15.2. The highest BCUT2D eigenvalue weighted by atomic mass is 19.1. The highest BCUT2D eigenvalue weighted by Crippen LogP contribution is 2.27. The largest absolute Gasteiger partial charge is 0.347 e. The molecular weight excluding hydrogens is 295 g/mol. The molecule has 0 saturated carbocycles. The van der Waals surface area contributed by atoms with E-state index in [1.165, 1.54) is 11.0 Å². The number of nitrogens with one attached hydrogen (secondary N) is 1. The standard InChI is InChI=1S/C18H17FN2O2/c19-15-7-3-1-5-13(15)9-11-20-17(22)18(23)21-12-10-14-6-2-4-8-16(14)21/h1-8H,9-12H2,(H,20,22). The first-order valence-electron chi connectivity index (χ1n) is 7.58. The Bertz CT molecular complexity index is 745. The van der Waals surface area contributed by atoms with Gasteiger partial charge in [-0.1, -0.05) is 36.4 Å². The Balaban J connectivity index is 1.57. The highest BCUT2D eigenvalue weighted by molar-refractivity contribution is 6.40. The van der Waals surface area contributed by atoms with Crippen LogP contribution in [0.1, 0.15) is 11.1 Å². The summed E-state index contributed by atoms with van der Waals surface area (Å²) in [5, 5.41) is 2.57. The molecule has 0 fully saturated rings. The number of nitrogens with zero attached hydrogens (tertiary/aromatic N) is 1. The predicted octanol–water partition coefficient (Wildman–Crippen LogP) is 2.07. The molecule has 4 nitrogen and oxygen atoms in total. The zero-order valence-corrected chi connectivity index (χ0v) is 12.6. The number of hydrogen-bond acceptors (Lipinski definition) is 2. The molecule has 1 heterocycles. The summed E-state index contributed by atoms with van der Waals surface area (Å²) in [6.07, 6.45) is 1.10. The average molecular weight is 312 g/mol. The van der Waals surface area contributed by atoms with Crippen molar-refractivity contribution in [3.63, 3.8) is 0 Å². The minimum absolute atomic E-state index is 0.223. The number of para-hydroxylation sites is 1. The van der Waals surface area contributed by atoms with Crippen molar-refractivity contribution in [1.29, 1.82) is 0 Å². The van der Waals surface area contributed by atoms with Crippen LogP contribution in [-0.4, -0.2) is 24.9 Å². The molecule has 0 unspecified atom stereocenters. The van der Waals surface area contributed by atoms with Crippen LogP contribution in [-0.2, 0) is 22.4 Å². The van der Waals surface area contributed by atoms with Gasteiger partial charge in [0.15, 0.2) is 0 Å². The molecule has 0 bridgehead atoms. The van der Waals surface area contributed by atoms with Gasteiger partial charge in [0, 0.05) is 18.8 Å². The van der Waals surface area contributed by atoms with Gasteiger partial charge in [0.1, 0.15) is 5.82 Å². The van der Waals surface area contributed by atoms with Crippen LogP contribution in [0.2, 0.25) is 0 Å². The second-order valence-electron chi connectivity index (χ2n) is 5.43. The normalized spacial score (nSPS) is 12.8. The van der Waals surface area contributed by atoms with Crippen LogP contribution in [0.4, 0.5) is 10.1 Å².